The Morgan fingerprint density at radius 3 is 2.46 bits per heavy atom. The van der Waals surface area contributed by atoms with Gasteiger partial charge in [0.05, 0.1) is 5.69 Å². The molecule has 0 radical (unpaired) electrons. The van der Waals surface area contributed by atoms with E-state index in [0.717, 1.165) is 24.2 Å². The van der Waals surface area contributed by atoms with Crippen LogP contribution in [0.5, 0.6) is 5.75 Å². The van der Waals surface area contributed by atoms with E-state index in [1.165, 1.54) is 0 Å². The number of rotatable bonds is 3. The number of aryl methyl sites for hydroxylation is 1. The van der Waals surface area contributed by atoms with Crippen LogP contribution in [0.1, 0.15) is 44.5 Å². The van der Waals surface area contributed by atoms with Gasteiger partial charge in [0.15, 0.2) is 5.75 Å². The van der Waals surface area contributed by atoms with Gasteiger partial charge in [-0.05, 0) is 6.42 Å². The molecule has 0 aliphatic carbocycles. The van der Waals surface area contributed by atoms with Gasteiger partial charge in [-0.15, -0.1) is 0 Å². The average molecular weight is 182 g/mol. The maximum absolute atomic E-state index is 9.83. The van der Waals surface area contributed by atoms with Crippen LogP contribution < -0.4 is 0 Å². The third-order valence-electron chi connectivity index (χ3n) is 2.20. The van der Waals surface area contributed by atoms with Crippen LogP contribution in [0.25, 0.3) is 0 Å². The molecule has 74 valence electrons. The summed E-state index contributed by atoms with van der Waals surface area (Å²) >= 11 is 0. The third-order valence-corrected chi connectivity index (χ3v) is 2.20. The quantitative estimate of drug-likeness (QED) is 0.778. The summed E-state index contributed by atoms with van der Waals surface area (Å²) in [7, 11) is 1.89. The molecule has 0 saturated carbocycles. The molecule has 0 spiro atoms. The molecule has 3 heteroatoms. The summed E-state index contributed by atoms with van der Waals surface area (Å²) in [4.78, 5) is 0. The fourth-order valence-corrected chi connectivity index (χ4v) is 1.48. The van der Waals surface area contributed by atoms with Crippen molar-refractivity contribution in [3.63, 3.8) is 0 Å². The van der Waals surface area contributed by atoms with E-state index in [2.05, 4.69) is 12.0 Å². The van der Waals surface area contributed by atoms with Crippen molar-refractivity contribution in [1.82, 2.24) is 9.78 Å². The van der Waals surface area contributed by atoms with Crippen molar-refractivity contribution < 1.29 is 5.11 Å². The van der Waals surface area contributed by atoms with E-state index in [0.29, 0.717) is 5.75 Å². The highest BCUT2D eigenvalue weighted by Gasteiger charge is 2.16. The van der Waals surface area contributed by atoms with Gasteiger partial charge >= 0.3 is 0 Å². The van der Waals surface area contributed by atoms with Crippen molar-refractivity contribution >= 4 is 0 Å². The summed E-state index contributed by atoms with van der Waals surface area (Å²) in [6.45, 7) is 6.18. The average Bonchev–Trinajstić information content (AvgIpc) is 2.32. The summed E-state index contributed by atoms with van der Waals surface area (Å²) < 4.78 is 1.79. The number of nitrogens with zero attached hydrogens (tertiary/aromatic N) is 2. The van der Waals surface area contributed by atoms with E-state index in [-0.39, 0.29) is 5.92 Å². The molecular weight excluding hydrogens is 164 g/mol. The summed E-state index contributed by atoms with van der Waals surface area (Å²) in [6.07, 6.45) is 1.92. The fourth-order valence-electron chi connectivity index (χ4n) is 1.48. The highest BCUT2D eigenvalue weighted by Crippen LogP contribution is 2.28. The van der Waals surface area contributed by atoms with Crippen LogP contribution >= 0.6 is 0 Å². The molecule has 13 heavy (non-hydrogen) atoms. The Kier molecular flexibility index (Phi) is 2.96. The molecule has 0 aliphatic rings. The smallest absolute Gasteiger partial charge is 0.160 e. The first-order valence-corrected chi connectivity index (χ1v) is 4.82. The minimum absolute atomic E-state index is 0.289. The molecule has 0 bridgehead atoms. The molecule has 0 aromatic carbocycles. The van der Waals surface area contributed by atoms with Gasteiger partial charge in [0.1, 0.15) is 5.69 Å². The first kappa shape index (κ1) is 10.1. The largest absolute Gasteiger partial charge is 0.504 e. The standard InChI is InChI=1S/C10H18N2O/c1-5-6-8-10(13)9(7(2)3)11-12(8)4/h7,13H,5-6H2,1-4H3. The predicted octanol–water partition coefficient (Wildman–Crippen LogP) is 2.20. The molecule has 1 aromatic rings. The molecule has 1 rings (SSSR count). The first-order chi connectivity index (χ1) is 6.07. The molecule has 0 aliphatic heterocycles. The van der Waals surface area contributed by atoms with Crippen molar-refractivity contribution in [1.29, 1.82) is 0 Å². The van der Waals surface area contributed by atoms with E-state index in [1.807, 2.05) is 20.9 Å². The SMILES string of the molecule is CCCc1c(O)c(C(C)C)nn1C. The van der Waals surface area contributed by atoms with Crippen molar-refractivity contribution in [2.45, 2.75) is 39.5 Å². The van der Waals surface area contributed by atoms with Crippen molar-refractivity contribution in [2.24, 2.45) is 7.05 Å². The van der Waals surface area contributed by atoms with Gasteiger partial charge in [-0.1, -0.05) is 27.2 Å². The second-order valence-electron chi connectivity index (χ2n) is 3.71. The number of aromatic hydroxyl groups is 1. The van der Waals surface area contributed by atoms with E-state index >= 15 is 0 Å². The molecule has 1 aromatic heterocycles. The Labute approximate surface area is 79.4 Å². The van der Waals surface area contributed by atoms with Crippen LogP contribution in [0.2, 0.25) is 0 Å². The maximum atomic E-state index is 9.83. The number of hydrogen-bond acceptors (Lipinski definition) is 2. The Hall–Kier alpha value is -0.990. The lowest BCUT2D eigenvalue weighted by Gasteiger charge is -2.00. The summed E-state index contributed by atoms with van der Waals surface area (Å²) in [5, 5.41) is 14.1. The zero-order valence-electron chi connectivity index (χ0n) is 8.83. The third kappa shape index (κ3) is 1.85. The second kappa shape index (κ2) is 3.81. The molecule has 0 fully saturated rings. The van der Waals surface area contributed by atoms with Crippen molar-refractivity contribution in [3.8, 4) is 5.75 Å². The predicted molar refractivity (Wildman–Crippen MR) is 53.0 cm³/mol. The molecule has 0 amide bonds. The van der Waals surface area contributed by atoms with Gasteiger partial charge in [0.25, 0.3) is 0 Å². The molecule has 3 nitrogen and oxygen atoms in total. The van der Waals surface area contributed by atoms with Gasteiger partial charge in [-0.25, -0.2) is 0 Å². The zero-order chi connectivity index (χ0) is 10.0. The molecule has 0 unspecified atom stereocenters. The van der Waals surface area contributed by atoms with Crippen LogP contribution in [-0.2, 0) is 13.5 Å². The first-order valence-electron chi connectivity index (χ1n) is 4.82. The zero-order valence-corrected chi connectivity index (χ0v) is 8.83. The normalized spacial score (nSPS) is 11.2. The molecule has 0 saturated heterocycles. The number of hydrogen-bond donors (Lipinski definition) is 1. The van der Waals surface area contributed by atoms with Crippen molar-refractivity contribution in [3.05, 3.63) is 11.4 Å². The van der Waals surface area contributed by atoms with Crippen LogP contribution in [0.4, 0.5) is 0 Å². The Bertz CT molecular complexity index is 289. The van der Waals surface area contributed by atoms with Crippen LogP contribution in [0.3, 0.4) is 0 Å². The maximum Gasteiger partial charge on any atom is 0.160 e. The topological polar surface area (TPSA) is 38.1 Å². The molecule has 1 N–H and O–H groups in total. The van der Waals surface area contributed by atoms with Crippen LogP contribution in [0.15, 0.2) is 0 Å². The van der Waals surface area contributed by atoms with Crippen molar-refractivity contribution in [2.75, 3.05) is 0 Å². The van der Waals surface area contributed by atoms with Crippen LogP contribution in [-0.4, -0.2) is 14.9 Å². The highest BCUT2D eigenvalue weighted by atomic mass is 16.3. The summed E-state index contributed by atoms with van der Waals surface area (Å²) in [5.41, 5.74) is 1.76. The van der Waals surface area contributed by atoms with Crippen LogP contribution in [0, 0.1) is 0 Å². The van der Waals surface area contributed by atoms with Gasteiger partial charge in [-0.2, -0.15) is 5.10 Å². The monoisotopic (exact) mass is 182 g/mol. The van der Waals surface area contributed by atoms with Gasteiger partial charge in [-0.3, -0.25) is 4.68 Å². The number of aromatic nitrogens is 2. The van der Waals surface area contributed by atoms with E-state index < -0.39 is 0 Å². The molecule has 1 heterocycles. The Morgan fingerprint density at radius 1 is 1.46 bits per heavy atom. The molecular formula is C10H18N2O. The summed E-state index contributed by atoms with van der Waals surface area (Å²) in [5.74, 6) is 0.677. The van der Waals surface area contributed by atoms with Gasteiger partial charge in [0, 0.05) is 13.0 Å². The van der Waals surface area contributed by atoms with E-state index in [9.17, 15) is 5.11 Å². The molecule has 0 atom stereocenters. The van der Waals surface area contributed by atoms with Gasteiger partial charge in [0.2, 0.25) is 0 Å². The van der Waals surface area contributed by atoms with E-state index in [1.54, 1.807) is 4.68 Å². The lowest BCUT2D eigenvalue weighted by Crippen LogP contribution is -1.97. The summed E-state index contributed by atoms with van der Waals surface area (Å²) in [6, 6.07) is 0. The Balaban J connectivity index is 3.07. The second-order valence-corrected chi connectivity index (χ2v) is 3.71. The van der Waals surface area contributed by atoms with E-state index in [4.69, 9.17) is 0 Å². The highest BCUT2D eigenvalue weighted by molar-refractivity contribution is 5.34. The van der Waals surface area contributed by atoms with Gasteiger partial charge < -0.3 is 5.11 Å². The lowest BCUT2D eigenvalue weighted by atomic mass is 10.1. The minimum Gasteiger partial charge on any atom is -0.504 e. The fraction of sp³-hybridized carbons (Fsp3) is 0.700. The minimum atomic E-state index is 0.289. The Morgan fingerprint density at radius 2 is 2.08 bits per heavy atom. The lowest BCUT2D eigenvalue weighted by molar-refractivity contribution is 0.456.